The van der Waals surface area contributed by atoms with Crippen molar-refractivity contribution in [2.45, 2.75) is 0 Å². The molecule has 7 heteroatoms. The minimum Gasteiger partial charge on any atom is -0.504 e. The van der Waals surface area contributed by atoms with E-state index < -0.39 is 28.9 Å². The minimum absolute atomic E-state index is 0. The summed E-state index contributed by atoms with van der Waals surface area (Å²) in [6.45, 7) is 0. The van der Waals surface area contributed by atoms with Crippen molar-refractivity contribution in [3.63, 3.8) is 0 Å². The van der Waals surface area contributed by atoms with Crippen LogP contribution in [0, 0.1) is 0 Å². The summed E-state index contributed by atoms with van der Waals surface area (Å²) < 4.78 is 0. The van der Waals surface area contributed by atoms with E-state index in [0.29, 0.717) is 0 Å². The van der Waals surface area contributed by atoms with E-state index in [4.69, 9.17) is 21.1 Å². The first kappa shape index (κ1) is 13.1. The molecule has 1 amide bonds. The van der Waals surface area contributed by atoms with Crippen molar-refractivity contribution in [3.8, 4) is 11.5 Å². The van der Waals surface area contributed by atoms with Crippen LogP contribution < -0.4 is 5.73 Å². The highest BCUT2D eigenvalue weighted by Gasteiger charge is 2.21. The van der Waals surface area contributed by atoms with Crippen LogP contribution in [0.3, 0.4) is 0 Å². The topological polar surface area (TPSA) is 121 Å². The number of aromatic carboxylic acids is 1. The normalized spacial score (nSPS) is 9.07. The summed E-state index contributed by atoms with van der Waals surface area (Å²) in [6.07, 6.45) is 0. The van der Waals surface area contributed by atoms with Gasteiger partial charge in [-0.3, -0.25) is 4.79 Å². The van der Waals surface area contributed by atoms with Gasteiger partial charge in [-0.05, 0) is 12.1 Å². The zero-order chi connectivity index (χ0) is 10.9. The molecule has 0 unspecified atom stereocenters. The lowest BCUT2D eigenvalue weighted by Crippen LogP contribution is -2.16. The number of nitrogens with two attached hydrogens (primary N) is 1. The first-order valence-electron chi connectivity index (χ1n) is 3.53. The largest absolute Gasteiger partial charge is 0.504 e. The Balaban J connectivity index is 0.00000196. The summed E-state index contributed by atoms with van der Waals surface area (Å²) in [5.41, 5.74) is 3.83. The lowest BCUT2D eigenvalue weighted by Gasteiger charge is -2.05. The molecule has 0 saturated heterocycles. The minimum atomic E-state index is -1.53. The molecule has 15 heavy (non-hydrogen) atoms. The molecule has 0 spiro atoms. The summed E-state index contributed by atoms with van der Waals surface area (Å²) in [4.78, 5) is 21.4. The van der Waals surface area contributed by atoms with Gasteiger partial charge in [-0.2, -0.15) is 0 Å². The van der Waals surface area contributed by atoms with Crippen molar-refractivity contribution in [2.24, 2.45) is 5.73 Å². The molecule has 0 aliphatic heterocycles. The van der Waals surface area contributed by atoms with Crippen LogP contribution >= 0.6 is 12.4 Å². The van der Waals surface area contributed by atoms with E-state index in [1.807, 2.05) is 0 Å². The van der Waals surface area contributed by atoms with Gasteiger partial charge in [0.1, 0.15) is 5.56 Å². The second-order valence-electron chi connectivity index (χ2n) is 2.53. The number of carboxylic acid groups (broad SMARTS) is 1. The average Bonchev–Trinajstić information content (AvgIpc) is 2.08. The predicted octanol–water partition coefficient (Wildman–Crippen LogP) is 0.317. The van der Waals surface area contributed by atoms with E-state index in [0.717, 1.165) is 12.1 Å². The first-order chi connectivity index (χ1) is 6.45. The molecular weight excluding hydrogens is 226 g/mol. The Kier molecular flexibility index (Phi) is 3.93. The lowest BCUT2D eigenvalue weighted by atomic mass is 10.1. The summed E-state index contributed by atoms with van der Waals surface area (Å²) in [7, 11) is 0. The second-order valence-corrected chi connectivity index (χ2v) is 2.53. The predicted molar refractivity (Wildman–Crippen MR) is 52.5 cm³/mol. The molecule has 0 heterocycles. The van der Waals surface area contributed by atoms with Gasteiger partial charge in [0.2, 0.25) is 5.91 Å². The Morgan fingerprint density at radius 3 is 2.13 bits per heavy atom. The fraction of sp³-hybridized carbons (Fsp3) is 0. The Morgan fingerprint density at radius 2 is 1.73 bits per heavy atom. The number of benzene rings is 1. The maximum atomic E-state index is 10.8. The van der Waals surface area contributed by atoms with Gasteiger partial charge in [-0.25, -0.2) is 4.79 Å². The maximum absolute atomic E-state index is 10.8. The van der Waals surface area contributed by atoms with Crippen LogP contribution in [-0.2, 0) is 0 Å². The molecule has 1 rings (SSSR count). The Labute approximate surface area is 90.4 Å². The van der Waals surface area contributed by atoms with Crippen LogP contribution in [0.1, 0.15) is 20.7 Å². The number of aromatic hydroxyl groups is 2. The molecule has 0 atom stereocenters. The number of rotatable bonds is 2. The van der Waals surface area contributed by atoms with E-state index >= 15 is 0 Å². The number of carboxylic acids is 1. The molecular formula is C8H8ClNO5. The molecule has 1 aromatic carbocycles. The summed E-state index contributed by atoms with van der Waals surface area (Å²) in [6, 6.07) is 2.02. The van der Waals surface area contributed by atoms with Crippen LogP contribution in [0.25, 0.3) is 0 Å². The second kappa shape index (κ2) is 4.52. The van der Waals surface area contributed by atoms with Gasteiger partial charge in [-0.15, -0.1) is 12.4 Å². The number of primary amides is 1. The van der Waals surface area contributed by atoms with Crippen molar-refractivity contribution in [1.29, 1.82) is 0 Å². The van der Waals surface area contributed by atoms with Crippen molar-refractivity contribution in [2.75, 3.05) is 0 Å². The standard InChI is InChI=1S/C8H7NO5.ClH/c9-7(12)3-1-2-4(10)6(11)5(3)8(13)14;/h1-2,10-11H,(H2,9,12)(H,13,14);1H. The zero-order valence-corrected chi connectivity index (χ0v) is 8.11. The van der Waals surface area contributed by atoms with Crippen LogP contribution in [0.15, 0.2) is 12.1 Å². The van der Waals surface area contributed by atoms with Crippen molar-refractivity contribution in [3.05, 3.63) is 23.3 Å². The fourth-order valence-corrected chi connectivity index (χ4v) is 1.00. The van der Waals surface area contributed by atoms with E-state index in [2.05, 4.69) is 0 Å². The van der Waals surface area contributed by atoms with E-state index in [1.165, 1.54) is 0 Å². The molecule has 82 valence electrons. The van der Waals surface area contributed by atoms with Gasteiger partial charge in [0.05, 0.1) is 5.56 Å². The highest BCUT2D eigenvalue weighted by Crippen LogP contribution is 2.30. The smallest absolute Gasteiger partial charge is 0.340 e. The highest BCUT2D eigenvalue weighted by atomic mass is 35.5. The maximum Gasteiger partial charge on any atom is 0.340 e. The van der Waals surface area contributed by atoms with Gasteiger partial charge < -0.3 is 21.1 Å². The van der Waals surface area contributed by atoms with E-state index in [9.17, 15) is 9.59 Å². The molecule has 1 aromatic rings. The number of carbonyl (C=O) groups is 2. The lowest BCUT2D eigenvalue weighted by molar-refractivity contribution is 0.0688. The summed E-state index contributed by atoms with van der Waals surface area (Å²) in [5, 5.41) is 26.8. The van der Waals surface area contributed by atoms with Crippen LogP contribution in [0.5, 0.6) is 11.5 Å². The Morgan fingerprint density at radius 1 is 1.20 bits per heavy atom. The summed E-state index contributed by atoms with van der Waals surface area (Å²) in [5.74, 6) is -4.01. The third-order valence-electron chi connectivity index (χ3n) is 1.64. The molecule has 0 aliphatic carbocycles. The third-order valence-corrected chi connectivity index (χ3v) is 1.64. The van der Waals surface area contributed by atoms with Gasteiger partial charge in [-0.1, -0.05) is 0 Å². The number of phenols is 2. The SMILES string of the molecule is Cl.NC(=O)c1ccc(O)c(O)c1C(=O)O. The van der Waals surface area contributed by atoms with Crippen LogP contribution in [0.2, 0.25) is 0 Å². The van der Waals surface area contributed by atoms with E-state index in [1.54, 1.807) is 0 Å². The first-order valence-corrected chi connectivity index (χ1v) is 3.53. The van der Waals surface area contributed by atoms with Gasteiger partial charge in [0.25, 0.3) is 0 Å². The molecule has 0 aliphatic rings. The van der Waals surface area contributed by atoms with Gasteiger partial charge in [0.15, 0.2) is 11.5 Å². The zero-order valence-electron chi connectivity index (χ0n) is 7.30. The molecule has 0 aromatic heterocycles. The number of carbonyl (C=O) groups excluding carboxylic acids is 1. The van der Waals surface area contributed by atoms with E-state index in [-0.39, 0.29) is 18.0 Å². The average molecular weight is 234 g/mol. The van der Waals surface area contributed by atoms with Crippen LogP contribution in [-0.4, -0.2) is 27.2 Å². The quantitative estimate of drug-likeness (QED) is 0.548. The number of hydrogen-bond donors (Lipinski definition) is 4. The van der Waals surface area contributed by atoms with Gasteiger partial charge in [0, 0.05) is 0 Å². The molecule has 0 fully saturated rings. The van der Waals surface area contributed by atoms with Gasteiger partial charge >= 0.3 is 5.97 Å². The molecule has 6 nitrogen and oxygen atoms in total. The van der Waals surface area contributed by atoms with Crippen molar-refractivity contribution < 1.29 is 24.9 Å². The molecule has 0 radical (unpaired) electrons. The van der Waals surface area contributed by atoms with Crippen LogP contribution in [0.4, 0.5) is 0 Å². The Hall–Kier alpha value is -1.95. The Bertz CT molecular complexity index is 418. The third kappa shape index (κ3) is 2.29. The van der Waals surface area contributed by atoms with Crippen molar-refractivity contribution in [1.82, 2.24) is 0 Å². The molecule has 5 N–H and O–H groups in total. The molecule has 0 saturated carbocycles. The number of hydrogen-bond acceptors (Lipinski definition) is 4. The molecule has 0 bridgehead atoms. The number of phenolic OH excluding ortho intramolecular Hbond substituents is 1. The fourth-order valence-electron chi connectivity index (χ4n) is 1.00. The monoisotopic (exact) mass is 233 g/mol. The van der Waals surface area contributed by atoms with Crippen molar-refractivity contribution >= 4 is 24.3 Å². The summed E-state index contributed by atoms with van der Waals surface area (Å²) >= 11 is 0. The highest BCUT2D eigenvalue weighted by molar-refractivity contribution is 6.06. The number of amides is 1. The number of halogens is 1.